The maximum Gasteiger partial charge on any atom is 0.241 e. The summed E-state index contributed by atoms with van der Waals surface area (Å²) in [5.74, 6) is 1.46. The van der Waals surface area contributed by atoms with Crippen molar-refractivity contribution in [1.82, 2.24) is 20.4 Å². The van der Waals surface area contributed by atoms with E-state index in [1.807, 2.05) is 0 Å². The van der Waals surface area contributed by atoms with Crippen LogP contribution in [-0.2, 0) is 23.3 Å². The molecule has 2 fully saturated rings. The Labute approximate surface area is 226 Å². The molecule has 0 spiro atoms. The zero-order valence-electron chi connectivity index (χ0n) is 23.1. The maximum absolute atomic E-state index is 12.8. The summed E-state index contributed by atoms with van der Waals surface area (Å²) in [6.45, 7) is 11.8. The highest BCUT2D eigenvalue weighted by Crippen LogP contribution is 2.26. The lowest BCUT2D eigenvalue weighted by Gasteiger charge is -2.30. The van der Waals surface area contributed by atoms with Gasteiger partial charge in [-0.05, 0) is 73.9 Å². The molecule has 202 valence electrons. The first kappa shape index (κ1) is 26.4. The minimum Gasteiger partial charge on any atom is -0.372 e. The molecular weight excluding hydrogens is 474 g/mol. The molecule has 0 bridgehead atoms. The van der Waals surface area contributed by atoms with Crippen molar-refractivity contribution < 1.29 is 9.32 Å². The molecule has 0 aliphatic carbocycles. The number of piperidine rings is 2. The zero-order valence-corrected chi connectivity index (χ0v) is 23.1. The number of aromatic nitrogens is 2. The Bertz CT molecular complexity index is 1180. The minimum absolute atomic E-state index is 0.0541. The van der Waals surface area contributed by atoms with Crippen LogP contribution in [0.4, 0.5) is 5.69 Å². The van der Waals surface area contributed by atoms with Crippen molar-refractivity contribution in [3.63, 3.8) is 0 Å². The molecule has 1 aromatic heterocycles. The number of rotatable bonds is 7. The van der Waals surface area contributed by atoms with Crippen LogP contribution in [0.5, 0.6) is 0 Å². The van der Waals surface area contributed by atoms with E-state index in [0.29, 0.717) is 24.8 Å². The van der Waals surface area contributed by atoms with E-state index in [-0.39, 0.29) is 17.2 Å². The summed E-state index contributed by atoms with van der Waals surface area (Å²) < 4.78 is 5.54. The average Bonchev–Trinajstić information content (AvgIpc) is 3.41. The number of benzene rings is 2. The van der Waals surface area contributed by atoms with Crippen LogP contribution >= 0.6 is 0 Å². The maximum atomic E-state index is 12.8. The number of hydrogen-bond donors (Lipinski definition) is 1. The zero-order chi connectivity index (χ0) is 26.5. The first-order valence-electron chi connectivity index (χ1n) is 14.1. The van der Waals surface area contributed by atoms with Gasteiger partial charge in [-0.25, -0.2) is 0 Å². The number of nitrogens with one attached hydrogen (secondary N) is 1. The van der Waals surface area contributed by atoms with Gasteiger partial charge >= 0.3 is 0 Å². The Morgan fingerprint density at radius 3 is 2.29 bits per heavy atom. The highest BCUT2D eigenvalue weighted by atomic mass is 16.5. The molecule has 0 saturated carbocycles. The van der Waals surface area contributed by atoms with Gasteiger partial charge in [0.2, 0.25) is 17.6 Å². The second-order valence-electron chi connectivity index (χ2n) is 11.8. The number of hydrogen-bond acceptors (Lipinski definition) is 6. The second kappa shape index (κ2) is 11.7. The molecule has 2 saturated heterocycles. The van der Waals surface area contributed by atoms with Gasteiger partial charge in [0.15, 0.2) is 0 Å². The predicted octanol–water partition coefficient (Wildman–Crippen LogP) is 5.55. The van der Waals surface area contributed by atoms with E-state index in [4.69, 9.17) is 4.52 Å². The molecule has 3 aromatic rings. The van der Waals surface area contributed by atoms with E-state index in [1.54, 1.807) is 0 Å². The monoisotopic (exact) mass is 515 g/mol. The molecule has 3 heterocycles. The molecule has 38 heavy (non-hydrogen) atoms. The van der Waals surface area contributed by atoms with Crippen molar-refractivity contribution in [2.24, 2.45) is 5.92 Å². The van der Waals surface area contributed by atoms with Crippen LogP contribution < -0.4 is 10.2 Å². The predicted molar refractivity (Wildman–Crippen MR) is 151 cm³/mol. The number of carbonyl (C=O) groups excluding carboxylic acids is 1. The van der Waals surface area contributed by atoms with E-state index in [9.17, 15) is 4.79 Å². The number of amides is 1. The number of anilines is 1. The average molecular weight is 516 g/mol. The third kappa shape index (κ3) is 6.62. The van der Waals surface area contributed by atoms with Crippen LogP contribution in [0.2, 0.25) is 0 Å². The summed E-state index contributed by atoms with van der Waals surface area (Å²) in [7, 11) is 0. The first-order chi connectivity index (χ1) is 18.3. The van der Waals surface area contributed by atoms with Gasteiger partial charge in [-0.1, -0.05) is 62.3 Å². The Kier molecular flexibility index (Phi) is 8.12. The van der Waals surface area contributed by atoms with E-state index in [0.717, 1.165) is 50.1 Å². The van der Waals surface area contributed by atoms with Gasteiger partial charge in [0.05, 0.1) is 6.54 Å². The topological polar surface area (TPSA) is 74.5 Å². The SMILES string of the molecule is CC(C)(C)c1ccc(-c2noc(CN3CCC(C(=O)NCc4ccc(N5CCCCC5)cc4)CC3)n2)cc1. The standard InChI is InChI=1S/C31H41N5O2/c1-31(2,3)26-11-9-24(10-12-26)29-33-28(38-34-29)22-35-19-15-25(16-20-35)30(37)32-21-23-7-13-27(14-8-23)36-17-5-4-6-18-36/h7-14,25H,4-6,15-22H2,1-3H3,(H,32,37). The Morgan fingerprint density at radius 2 is 1.63 bits per heavy atom. The number of likely N-dealkylation sites (tertiary alicyclic amines) is 1. The summed E-state index contributed by atoms with van der Waals surface area (Å²) in [5, 5.41) is 7.35. The van der Waals surface area contributed by atoms with Gasteiger partial charge in [-0.2, -0.15) is 4.98 Å². The second-order valence-corrected chi connectivity index (χ2v) is 11.8. The lowest BCUT2D eigenvalue weighted by atomic mass is 9.87. The summed E-state index contributed by atoms with van der Waals surface area (Å²) in [6, 6.07) is 17.0. The molecule has 7 nitrogen and oxygen atoms in total. The van der Waals surface area contributed by atoms with E-state index in [1.165, 1.54) is 30.5 Å². The molecule has 0 unspecified atom stereocenters. The van der Waals surface area contributed by atoms with Crippen LogP contribution in [0.3, 0.4) is 0 Å². The van der Waals surface area contributed by atoms with Gasteiger partial charge in [0.1, 0.15) is 0 Å². The Morgan fingerprint density at radius 1 is 0.947 bits per heavy atom. The van der Waals surface area contributed by atoms with Crippen molar-refractivity contribution in [2.45, 2.75) is 71.4 Å². The van der Waals surface area contributed by atoms with Crippen LogP contribution in [0, 0.1) is 5.92 Å². The number of nitrogens with zero attached hydrogens (tertiary/aromatic N) is 4. The molecule has 1 N–H and O–H groups in total. The van der Waals surface area contributed by atoms with Crippen LogP contribution in [0.15, 0.2) is 53.1 Å². The van der Waals surface area contributed by atoms with Crippen molar-refractivity contribution >= 4 is 11.6 Å². The molecule has 7 heteroatoms. The third-order valence-electron chi connectivity index (χ3n) is 7.92. The molecule has 5 rings (SSSR count). The molecule has 1 amide bonds. The van der Waals surface area contributed by atoms with Gasteiger partial charge < -0.3 is 14.7 Å². The van der Waals surface area contributed by atoms with E-state index < -0.39 is 0 Å². The highest BCUT2D eigenvalue weighted by Gasteiger charge is 2.26. The van der Waals surface area contributed by atoms with Crippen LogP contribution in [0.25, 0.3) is 11.4 Å². The van der Waals surface area contributed by atoms with Gasteiger partial charge in [0, 0.05) is 36.8 Å². The third-order valence-corrected chi connectivity index (χ3v) is 7.92. The molecule has 0 radical (unpaired) electrons. The van der Waals surface area contributed by atoms with Crippen molar-refractivity contribution in [3.8, 4) is 11.4 Å². The first-order valence-corrected chi connectivity index (χ1v) is 14.1. The molecule has 2 aliphatic rings. The molecular formula is C31H41N5O2. The van der Waals surface area contributed by atoms with E-state index >= 15 is 0 Å². The van der Waals surface area contributed by atoms with Gasteiger partial charge in [0.25, 0.3) is 0 Å². The van der Waals surface area contributed by atoms with Crippen LogP contribution in [-0.4, -0.2) is 47.1 Å². The van der Waals surface area contributed by atoms with Crippen molar-refractivity contribution in [3.05, 3.63) is 65.5 Å². The van der Waals surface area contributed by atoms with Crippen LogP contribution in [0.1, 0.15) is 69.9 Å². The molecule has 0 atom stereocenters. The number of carbonyl (C=O) groups is 1. The van der Waals surface area contributed by atoms with E-state index in [2.05, 4.69) is 94.6 Å². The smallest absolute Gasteiger partial charge is 0.241 e. The highest BCUT2D eigenvalue weighted by molar-refractivity contribution is 5.78. The fraction of sp³-hybridized carbons (Fsp3) is 0.516. The normalized spacial score (nSPS) is 17.5. The fourth-order valence-electron chi connectivity index (χ4n) is 5.41. The fourth-order valence-corrected chi connectivity index (χ4v) is 5.41. The minimum atomic E-state index is 0.0541. The van der Waals surface area contributed by atoms with Gasteiger partial charge in [-0.3, -0.25) is 9.69 Å². The largest absolute Gasteiger partial charge is 0.372 e. The quantitative estimate of drug-likeness (QED) is 0.445. The summed E-state index contributed by atoms with van der Waals surface area (Å²) >= 11 is 0. The Balaban J connectivity index is 1.06. The molecule has 2 aliphatic heterocycles. The van der Waals surface area contributed by atoms with Gasteiger partial charge in [-0.15, -0.1) is 0 Å². The summed E-state index contributed by atoms with van der Waals surface area (Å²) in [6.07, 6.45) is 5.58. The molecule has 2 aromatic carbocycles. The summed E-state index contributed by atoms with van der Waals surface area (Å²) in [4.78, 5) is 22.2. The lowest BCUT2D eigenvalue weighted by molar-refractivity contribution is -0.126. The summed E-state index contributed by atoms with van der Waals surface area (Å²) in [5.41, 5.74) is 4.80. The Hall–Kier alpha value is -3.19. The van der Waals surface area contributed by atoms with Crippen molar-refractivity contribution in [1.29, 1.82) is 0 Å². The lowest BCUT2D eigenvalue weighted by Crippen LogP contribution is -2.40. The van der Waals surface area contributed by atoms with Crippen molar-refractivity contribution in [2.75, 3.05) is 31.1 Å².